The summed E-state index contributed by atoms with van der Waals surface area (Å²) in [6.07, 6.45) is 52.5. The molecule has 2 atom stereocenters. The van der Waals surface area contributed by atoms with Crippen LogP contribution in [0.2, 0.25) is 0 Å². The van der Waals surface area contributed by atoms with Crippen molar-refractivity contribution in [3.63, 3.8) is 0 Å². The number of aliphatic hydroxyl groups is 2. The van der Waals surface area contributed by atoms with Crippen LogP contribution in [0.4, 0.5) is 0 Å². The van der Waals surface area contributed by atoms with Gasteiger partial charge in [0.2, 0.25) is 5.91 Å². The van der Waals surface area contributed by atoms with Crippen molar-refractivity contribution in [2.24, 2.45) is 0 Å². The van der Waals surface area contributed by atoms with Crippen LogP contribution in [-0.2, 0) is 4.79 Å². The molecule has 2 unspecified atom stereocenters. The molecule has 48 heavy (non-hydrogen) atoms. The highest BCUT2D eigenvalue weighted by Gasteiger charge is 2.17. The van der Waals surface area contributed by atoms with E-state index in [2.05, 4.69) is 43.5 Å². The monoisotopic (exact) mass is 674 g/mol. The summed E-state index contributed by atoms with van der Waals surface area (Å²) in [6, 6.07) is -0.641. The number of hydrogen-bond acceptors (Lipinski definition) is 3. The fourth-order valence-corrected chi connectivity index (χ4v) is 6.31. The van der Waals surface area contributed by atoms with Crippen LogP contribution in [-0.4, -0.2) is 34.9 Å². The van der Waals surface area contributed by atoms with Crippen molar-refractivity contribution in [3.05, 3.63) is 36.5 Å². The van der Waals surface area contributed by atoms with Crippen molar-refractivity contribution in [1.82, 2.24) is 5.32 Å². The van der Waals surface area contributed by atoms with Gasteiger partial charge in [0.15, 0.2) is 0 Å². The van der Waals surface area contributed by atoms with Gasteiger partial charge in [-0.1, -0.05) is 192 Å². The second-order valence-electron chi connectivity index (χ2n) is 14.4. The maximum Gasteiger partial charge on any atom is 0.220 e. The maximum absolute atomic E-state index is 12.3. The zero-order valence-corrected chi connectivity index (χ0v) is 32.3. The molecule has 0 saturated heterocycles. The SMILES string of the molecule is CCCCCC/C=C\CCCCCCCC(=O)NC(CO)C(O)/C=C/CC/C=C/CCCCCCCCCCCCCCCCCCC. The highest BCUT2D eigenvalue weighted by atomic mass is 16.3. The van der Waals surface area contributed by atoms with Crippen molar-refractivity contribution in [2.45, 2.75) is 231 Å². The average Bonchev–Trinajstić information content (AvgIpc) is 3.09. The van der Waals surface area contributed by atoms with Gasteiger partial charge in [-0.05, 0) is 57.8 Å². The molecule has 0 heterocycles. The second-order valence-corrected chi connectivity index (χ2v) is 14.4. The molecule has 0 aliphatic carbocycles. The van der Waals surface area contributed by atoms with E-state index in [1.54, 1.807) is 6.08 Å². The van der Waals surface area contributed by atoms with Crippen LogP contribution in [0.3, 0.4) is 0 Å². The number of rotatable bonds is 38. The van der Waals surface area contributed by atoms with Gasteiger partial charge in [0.1, 0.15) is 0 Å². The lowest BCUT2D eigenvalue weighted by Gasteiger charge is -2.19. The average molecular weight is 674 g/mol. The van der Waals surface area contributed by atoms with Crippen molar-refractivity contribution < 1.29 is 15.0 Å². The lowest BCUT2D eigenvalue weighted by molar-refractivity contribution is -0.123. The minimum atomic E-state index is -0.863. The third-order valence-electron chi connectivity index (χ3n) is 9.60. The molecule has 0 bridgehead atoms. The van der Waals surface area contributed by atoms with Crippen molar-refractivity contribution >= 4 is 5.91 Å². The first-order chi connectivity index (χ1) is 23.7. The molecule has 4 nitrogen and oxygen atoms in total. The van der Waals surface area contributed by atoms with Crippen LogP contribution in [0.1, 0.15) is 219 Å². The summed E-state index contributed by atoms with van der Waals surface area (Å²) in [5, 5.41) is 22.9. The Bertz CT molecular complexity index is 731. The highest BCUT2D eigenvalue weighted by Crippen LogP contribution is 2.15. The Labute approximate surface area is 300 Å². The van der Waals surface area contributed by atoms with E-state index in [4.69, 9.17) is 0 Å². The number of carbonyl (C=O) groups is 1. The first-order valence-corrected chi connectivity index (χ1v) is 21.2. The number of nitrogens with one attached hydrogen (secondary N) is 1. The fraction of sp³-hybridized carbons (Fsp3) is 0.841. The zero-order chi connectivity index (χ0) is 35.0. The molecule has 1 amide bonds. The van der Waals surface area contributed by atoms with E-state index in [9.17, 15) is 15.0 Å². The lowest BCUT2D eigenvalue weighted by atomic mass is 10.0. The van der Waals surface area contributed by atoms with E-state index in [0.29, 0.717) is 6.42 Å². The number of hydrogen-bond donors (Lipinski definition) is 3. The fourth-order valence-electron chi connectivity index (χ4n) is 6.31. The lowest BCUT2D eigenvalue weighted by Crippen LogP contribution is -2.45. The summed E-state index contributed by atoms with van der Waals surface area (Å²) < 4.78 is 0. The van der Waals surface area contributed by atoms with Gasteiger partial charge in [-0.25, -0.2) is 0 Å². The Morgan fingerprint density at radius 2 is 0.812 bits per heavy atom. The van der Waals surface area contributed by atoms with Gasteiger partial charge >= 0.3 is 0 Å². The Morgan fingerprint density at radius 1 is 0.479 bits per heavy atom. The molecule has 0 spiro atoms. The standard InChI is InChI=1S/C44H83NO3/c1-3-5-7-9-11-13-15-17-18-19-20-21-22-23-24-25-26-28-29-31-33-35-37-39-43(47)42(41-46)45-44(48)40-38-36-34-32-30-27-16-14-12-10-8-6-4-2/h14,16,29,31,37,39,42-43,46-47H,3-13,15,17-28,30,32-36,38,40-41H2,1-2H3,(H,45,48)/b16-14-,31-29+,39-37+. The van der Waals surface area contributed by atoms with E-state index in [1.807, 2.05) is 6.08 Å². The Hall–Kier alpha value is -1.39. The first kappa shape index (κ1) is 46.6. The summed E-state index contributed by atoms with van der Waals surface area (Å²) >= 11 is 0. The smallest absolute Gasteiger partial charge is 0.220 e. The number of carbonyl (C=O) groups excluding carboxylic acids is 1. The molecule has 0 aliphatic rings. The Morgan fingerprint density at radius 3 is 1.23 bits per heavy atom. The minimum Gasteiger partial charge on any atom is -0.394 e. The summed E-state index contributed by atoms with van der Waals surface area (Å²) in [5.74, 6) is -0.0835. The molecule has 0 aromatic rings. The van der Waals surface area contributed by atoms with E-state index in [0.717, 1.165) is 44.9 Å². The largest absolute Gasteiger partial charge is 0.394 e. The maximum atomic E-state index is 12.3. The minimum absolute atomic E-state index is 0.0835. The predicted molar refractivity (Wildman–Crippen MR) is 212 cm³/mol. The molecule has 4 heteroatoms. The molecule has 0 saturated carbocycles. The first-order valence-electron chi connectivity index (χ1n) is 21.2. The van der Waals surface area contributed by atoms with Gasteiger partial charge in [-0.15, -0.1) is 0 Å². The van der Waals surface area contributed by atoms with E-state index >= 15 is 0 Å². The molecule has 0 aromatic heterocycles. The summed E-state index contributed by atoms with van der Waals surface area (Å²) in [7, 11) is 0. The van der Waals surface area contributed by atoms with Crippen molar-refractivity contribution in [3.8, 4) is 0 Å². The van der Waals surface area contributed by atoms with E-state index in [-0.39, 0.29) is 12.5 Å². The van der Waals surface area contributed by atoms with Gasteiger partial charge in [0.25, 0.3) is 0 Å². The van der Waals surface area contributed by atoms with E-state index < -0.39 is 12.1 Å². The Kier molecular flexibility index (Phi) is 38.9. The van der Waals surface area contributed by atoms with Gasteiger partial charge in [0.05, 0.1) is 18.8 Å². The van der Waals surface area contributed by atoms with Crippen LogP contribution in [0, 0.1) is 0 Å². The van der Waals surface area contributed by atoms with Gasteiger partial charge in [0, 0.05) is 6.42 Å². The molecular weight excluding hydrogens is 590 g/mol. The molecule has 0 fully saturated rings. The summed E-state index contributed by atoms with van der Waals surface area (Å²) in [6.45, 7) is 4.28. The molecule has 0 aliphatic heterocycles. The molecule has 282 valence electrons. The second kappa shape index (κ2) is 40.0. The molecule has 0 rings (SSSR count). The van der Waals surface area contributed by atoms with Crippen LogP contribution >= 0.6 is 0 Å². The number of amides is 1. The van der Waals surface area contributed by atoms with Gasteiger partial charge in [-0.3, -0.25) is 4.79 Å². The topological polar surface area (TPSA) is 69.6 Å². The molecule has 3 N–H and O–H groups in total. The third kappa shape index (κ3) is 35.9. The number of aliphatic hydroxyl groups excluding tert-OH is 2. The zero-order valence-electron chi connectivity index (χ0n) is 32.3. The summed E-state index contributed by atoms with van der Waals surface area (Å²) in [4.78, 5) is 12.3. The quantitative estimate of drug-likeness (QED) is 0.0451. The molecule has 0 aromatic carbocycles. The van der Waals surface area contributed by atoms with Crippen molar-refractivity contribution in [2.75, 3.05) is 6.61 Å². The van der Waals surface area contributed by atoms with Crippen LogP contribution in [0.15, 0.2) is 36.5 Å². The molecule has 0 radical (unpaired) electrons. The van der Waals surface area contributed by atoms with Crippen molar-refractivity contribution in [1.29, 1.82) is 0 Å². The number of unbranched alkanes of at least 4 members (excludes halogenated alkanes) is 27. The van der Waals surface area contributed by atoms with Crippen LogP contribution in [0.25, 0.3) is 0 Å². The van der Waals surface area contributed by atoms with Gasteiger partial charge in [-0.2, -0.15) is 0 Å². The molecular formula is C44H83NO3. The van der Waals surface area contributed by atoms with E-state index in [1.165, 1.54) is 154 Å². The third-order valence-corrected chi connectivity index (χ3v) is 9.60. The summed E-state index contributed by atoms with van der Waals surface area (Å²) in [5.41, 5.74) is 0. The van der Waals surface area contributed by atoms with Crippen LogP contribution in [0.5, 0.6) is 0 Å². The Balaban J connectivity index is 3.60. The number of allylic oxidation sites excluding steroid dienone is 5. The highest BCUT2D eigenvalue weighted by molar-refractivity contribution is 5.76. The predicted octanol–water partition coefficient (Wildman–Crippen LogP) is 13.0. The van der Waals surface area contributed by atoms with Crippen LogP contribution < -0.4 is 5.32 Å². The van der Waals surface area contributed by atoms with Gasteiger partial charge < -0.3 is 15.5 Å². The normalized spacial score (nSPS) is 13.3.